The molecule has 1 aromatic rings. The highest BCUT2D eigenvalue weighted by molar-refractivity contribution is 5.86. The summed E-state index contributed by atoms with van der Waals surface area (Å²) in [4.78, 5) is 16.5. The number of nitrogens with zero attached hydrogens (tertiary/aromatic N) is 1. The number of anilines is 1. The lowest BCUT2D eigenvalue weighted by Crippen LogP contribution is -2.13. The molecule has 1 aliphatic heterocycles. The van der Waals surface area contributed by atoms with Crippen LogP contribution in [0, 0.1) is 0 Å². The second-order valence-electron chi connectivity index (χ2n) is 4.54. The number of rotatable bonds is 3. The Morgan fingerprint density at radius 3 is 2.45 bits per heavy atom. The molecule has 3 rings (SSSR count). The largest absolute Gasteiger partial charge is 0.493 e. The van der Waals surface area contributed by atoms with Crippen LogP contribution in [0.4, 0.5) is 5.69 Å². The lowest BCUT2D eigenvalue weighted by Gasteiger charge is -2.14. The molecule has 1 heterocycles. The SMILES string of the molecule is COc1ccc2nc3cc(N)c(=O)c(OC)c-3oc2c1OC. The Bertz CT molecular complexity index is 887. The summed E-state index contributed by atoms with van der Waals surface area (Å²) in [6.07, 6.45) is 0. The van der Waals surface area contributed by atoms with E-state index in [0.29, 0.717) is 28.3 Å². The van der Waals surface area contributed by atoms with Gasteiger partial charge in [-0.15, -0.1) is 0 Å². The van der Waals surface area contributed by atoms with Crippen LogP contribution in [0.1, 0.15) is 0 Å². The molecule has 1 aliphatic carbocycles. The molecule has 2 N–H and O–H groups in total. The summed E-state index contributed by atoms with van der Waals surface area (Å²) in [6.45, 7) is 0. The molecule has 0 radical (unpaired) electrons. The normalized spacial score (nSPS) is 10.9. The number of nitrogens with two attached hydrogens (primary N) is 1. The zero-order valence-corrected chi connectivity index (χ0v) is 12.3. The third-order valence-electron chi connectivity index (χ3n) is 3.33. The molecule has 0 saturated heterocycles. The molecule has 114 valence electrons. The van der Waals surface area contributed by atoms with Crippen molar-refractivity contribution in [2.45, 2.75) is 0 Å². The predicted octanol–water partition coefficient (Wildman–Crippen LogP) is 1.90. The average Bonchev–Trinajstić information content (AvgIpc) is 2.53. The lowest BCUT2D eigenvalue weighted by molar-refractivity contribution is 0.351. The molecule has 0 bridgehead atoms. The molecular weight excluding hydrogens is 288 g/mol. The van der Waals surface area contributed by atoms with Crippen molar-refractivity contribution in [3.05, 3.63) is 28.4 Å². The topological polar surface area (TPSA) is 96.8 Å². The van der Waals surface area contributed by atoms with Crippen LogP contribution in [-0.2, 0) is 0 Å². The summed E-state index contributed by atoms with van der Waals surface area (Å²) >= 11 is 0. The molecule has 0 unspecified atom stereocenters. The van der Waals surface area contributed by atoms with Crippen molar-refractivity contribution in [1.82, 2.24) is 4.98 Å². The van der Waals surface area contributed by atoms with Crippen LogP contribution in [0.25, 0.3) is 22.6 Å². The van der Waals surface area contributed by atoms with Crippen molar-refractivity contribution in [3.8, 4) is 28.7 Å². The van der Waals surface area contributed by atoms with Gasteiger partial charge >= 0.3 is 0 Å². The van der Waals surface area contributed by atoms with Crippen LogP contribution >= 0.6 is 0 Å². The number of fused-ring (bicyclic) bond motifs is 2. The molecule has 0 atom stereocenters. The Labute approximate surface area is 125 Å². The molecule has 22 heavy (non-hydrogen) atoms. The first-order chi connectivity index (χ1) is 10.6. The van der Waals surface area contributed by atoms with Crippen molar-refractivity contribution in [2.24, 2.45) is 0 Å². The monoisotopic (exact) mass is 302 g/mol. The van der Waals surface area contributed by atoms with E-state index in [-0.39, 0.29) is 17.2 Å². The number of methoxy groups -OCH3 is 3. The summed E-state index contributed by atoms with van der Waals surface area (Å²) in [5.41, 5.74) is 6.62. The van der Waals surface area contributed by atoms with E-state index in [0.717, 1.165) is 0 Å². The Kier molecular flexibility index (Phi) is 3.25. The third kappa shape index (κ3) is 1.90. The minimum Gasteiger partial charge on any atom is -0.493 e. The zero-order valence-electron chi connectivity index (χ0n) is 12.3. The van der Waals surface area contributed by atoms with Crippen LogP contribution < -0.4 is 25.4 Å². The number of aromatic nitrogens is 1. The highest BCUT2D eigenvalue weighted by atomic mass is 16.5. The van der Waals surface area contributed by atoms with Crippen LogP contribution in [0.2, 0.25) is 0 Å². The smallest absolute Gasteiger partial charge is 0.247 e. The molecule has 0 spiro atoms. The fourth-order valence-electron chi connectivity index (χ4n) is 2.30. The Balaban J connectivity index is 2.48. The Morgan fingerprint density at radius 1 is 1.09 bits per heavy atom. The number of ether oxygens (including phenoxy) is 3. The summed E-state index contributed by atoms with van der Waals surface area (Å²) in [5.74, 6) is 1.10. The molecule has 0 fully saturated rings. The molecule has 0 aromatic heterocycles. The number of benzene rings is 2. The quantitative estimate of drug-likeness (QED) is 0.583. The summed E-state index contributed by atoms with van der Waals surface area (Å²) in [5, 5.41) is 0. The molecule has 7 nitrogen and oxygen atoms in total. The molecule has 0 amide bonds. The van der Waals surface area contributed by atoms with Gasteiger partial charge in [0.1, 0.15) is 11.2 Å². The summed E-state index contributed by atoms with van der Waals surface area (Å²) in [7, 11) is 4.39. The standard InChI is InChI=1S/C15H14N2O5/c1-19-10-5-4-8-12(14(10)20-2)22-13-9(17-8)6-7(16)11(18)15(13)21-3/h4-6H,16H2,1-3H3. The van der Waals surface area contributed by atoms with Crippen LogP contribution in [0.3, 0.4) is 0 Å². The third-order valence-corrected chi connectivity index (χ3v) is 3.33. The lowest BCUT2D eigenvalue weighted by atomic mass is 10.1. The minimum atomic E-state index is -0.443. The second kappa shape index (κ2) is 5.10. The molecule has 7 heteroatoms. The minimum absolute atomic E-state index is 0.00859. The van der Waals surface area contributed by atoms with Gasteiger partial charge in [-0.2, -0.15) is 0 Å². The van der Waals surface area contributed by atoms with Gasteiger partial charge in [-0.1, -0.05) is 0 Å². The first-order valence-corrected chi connectivity index (χ1v) is 6.42. The van der Waals surface area contributed by atoms with E-state index in [2.05, 4.69) is 4.98 Å². The van der Waals surface area contributed by atoms with Gasteiger partial charge in [-0.3, -0.25) is 4.79 Å². The van der Waals surface area contributed by atoms with Crippen LogP contribution in [-0.4, -0.2) is 26.3 Å². The maximum Gasteiger partial charge on any atom is 0.247 e. The predicted molar refractivity (Wildman–Crippen MR) is 81.0 cm³/mol. The highest BCUT2D eigenvalue weighted by Gasteiger charge is 2.22. The number of nitrogen functional groups attached to an aromatic ring is 1. The van der Waals surface area contributed by atoms with Crippen molar-refractivity contribution >= 4 is 16.8 Å². The van der Waals surface area contributed by atoms with Crippen LogP contribution in [0.5, 0.6) is 17.2 Å². The van der Waals surface area contributed by atoms with Crippen molar-refractivity contribution < 1.29 is 18.6 Å². The summed E-state index contributed by atoms with van der Waals surface area (Å²) < 4.78 is 21.5. The van der Waals surface area contributed by atoms with Gasteiger partial charge in [-0.25, -0.2) is 4.98 Å². The van der Waals surface area contributed by atoms with E-state index >= 15 is 0 Å². The van der Waals surface area contributed by atoms with E-state index in [4.69, 9.17) is 24.4 Å². The van der Waals surface area contributed by atoms with Crippen LogP contribution in [0.15, 0.2) is 27.4 Å². The highest BCUT2D eigenvalue weighted by Crippen LogP contribution is 2.39. The molecular formula is C15H14N2O5. The van der Waals surface area contributed by atoms with Gasteiger partial charge in [-0.05, 0) is 18.2 Å². The van der Waals surface area contributed by atoms with E-state index in [1.165, 1.54) is 27.4 Å². The van der Waals surface area contributed by atoms with E-state index in [9.17, 15) is 4.79 Å². The first-order valence-electron chi connectivity index (χ1n) is 6.42. The molecule has 2 aliphatic rings. The Morgan fingerprint density at radius 2 is 1.82 bits per heavy atom. The van der Waals surface area contributed by atoms with Gasteiger partial charge < -0.3 is 24.4 Å². The van der Waals surface area contributed by atoms with Gasteiger partial charge in [0.25, 0.3) is 0 Å². The fraction of sp³-hybridized carbons (Fsp3) is 0.200. The number of hydrogen-bond acceptors (Lipinski definition) is 7. The molecule has 0 saturated carbocycles. The van der Waals surface area contributed by atoms with Gasteiger partial charge in [0, 0.05) is 0 Å². The van der Waals surface area contributed by atoms with E-state index < -0.39 is 5.43 Å². The van der Waals surface area contributed by atoms with Crippen molar-refractivity contribution in [2.75, 3.05) is 27.1 Å². The van der Waals surface area contributed by atoms with Gasteiger partial charge in [0.15, 0.2) is 17.1 Å². The number of hydrogen-bond donors (Lipinski definition) is 1. The fourth-order valence-corrected chi connectivity index (χ4v) is 2.30. The molecule has 1 aromatic carbocycles. The zero-order chi connectivity index (χ0) is 15.9. The van der Waals surface area contributed by atoms with E-state index in [1.807, 2.05) is 0 Å². The van der Waals surface area contributed by atoms with Crippen molar-refractivity contribution in [1.29, 1.82) is 0 Å². The van der Waals surface area contributed by atoms with Gasteiger partial charge in [0.05, 0.1) is 27.0 Å². The second-order valence-corrected chi connectivity index (χ2v) is 4.54. The Hall–Kier alpha value is -2.96. The van der Waals surface area contributed by atoms with Crippen molar-refractivity contribution in [3.63, 3.8) is 0 Å². The van der Waals surface area contributed by atoms with E-state index in [1.54, 1.807) is 12.1 Å². The van der Waals surface area contributed by atoms with Gasteiger partial charge in [0.2, 0.25) is 16.9 Å². The maximum atomic E-state index is 12.0. The maximum absolute atomic E-state index is 12.0. The first kappa shape index (κ1) is 14.0. The summed E-state index contributed by atoms with van der Waals surface area (Å²) in [6, 6.07) is 4.91. The average molecular weight is 302 g/mol.